The first-order valence-corrected chi connectivity index (χ1v) is 12.2. The van der Waals surface area contributed by atoms with Crippen molar-refractivity contribution < 1.29 is 24.2 Å². The molecule has 8 heteroatoms. The largest absolute Gasteiger partial charge is 0.480 e. The summed E-state index contributed by atoms with van der Waals surface area (Å²) >= 11 is 0. The molecular weight excluding hydrogens is 446 g/mol. The van der Waals surface area contributed by atoms with E-state index in [2.05, 4.69) is 29.6 Å². The summed E-state index contributed by atoms with van der Waals surface area (Å²) in [7, 11) is 0. The number of fused-ring (bicyclic) bond motifs is 3. The van der Waals surface area contributed by atoms with Gasteiger partial charge in [-0.1, -0.05) is 48.5 Å². The van der Waals surface area contributed by atoms with Crippen molar-refractivity contribution >= 4 is 18.0 Å². The van der Waals surface area contributed by atoms with Crippen LogP contribution in [0.25, 0.3) is 11.1 Å². The van der Waals surface area contributed by atoms with E-state index in [1.807, 2.05) is 29.2 Å². The Bertz CT molecular complexity index is 1090. The number of carbonyl (C=O) groups excluding carboxylic acids is 2. The molecule has 5 rings (SSSR count). The molecule has 0 spiro atoms. The molecule has 2 N–H and O–H groups in total. The number of carbonyl (C=O) groups is 3. The molecule has 1 heterocycles. The van der Waals surface area contributed by atoms with Gasteiger partial charge < -0.3 is 20.1 Å². The second-order valence-corrected chi connectivity index (χ2v) is 9.84. The van der Waals surface area contributed by atoms with Gasteiger partial charge in [0.2, 0.25) is 5.91 Å². The lowest BCUT2D eigenvalue weighted by molar-refractivity contribution is -0.144. The van der Waals surface area contributed by atoms with E-state index < -0.39 is 23.6 Å². The van der Waals surface area contributed by atoms with Gasteiger partial charge in [0.15, 0.2) is 0 Å². The summed E-state index contributed by atoms with van der Waals surface area (Å²) in [4.78, 5) is 40.4. The molecule has 3 aliphatic rings. The molecular formula is C27H31N3O5. The Morgan fingerprint density at radius 1 is 1.00 bits per heavy atom. The van der Waals surface area contributed by atoms with Crippen LogP contribution in [-0.4, -0.2) is 77.2 Å². The average Bonchev–Trinajstić information content (AvgIpc) is 3.54. The number of nitrogens with one attached hydrogen (secondary N) is 1. The normalized spacial score (nSPS) is 19.4. The molecule has 35 heavy (non-hydrogen) atoms. The zero-order valence-corrected chi connectivity index (χ0v) is 19.9. The molecule has 2 aromatic rings. The SMILES string of the molecule is CC(C(=O)O)N1CCN(C(=O)CC2(NC(=O)OCC3c4ccccc4-c4ccccc43)CC2)CC1. The maximum absolute atomic E-state index is 12.9. The number of carboxylic acids is 1. The Kier molecular flexibility index (Phi) is 6.23. The summed E-state index contributed by atoms with van der Waals surface area (Å²) < 4.78 is 5.67. The quantitative estimate of drug-likeness (QED) is 0.636. The van der Waals surface area contributed by atoms with E-state index in [-0.39, 0.29) is 24.9 Å². The molecule has 2 aliphatic carbocycles. The van der Waals surface area contributed by atoms with Gasteiger partial charge in [-0.15, -0.1) is 0 Å². The van der Waals surface area contributed by atoms with Crippen molar-refractivity contribution in [3.05, 3.63) is 59.7 Å². The minimum absolute atomic E-state index is 0.00516. The molecule has 2 aromatic carbocycles. The molecule has 2 fully saturated rings. The van der Waals surface area contributed by atoms with Crippen LogP contribution in [-0.2, 0) is 14.3 Å². The third-order valence-electron chi connectivity index (χ3n) is 7.63. The van der Waals surface area contributed by atoms with Crippen molar-refractivity contribution in [2.24, 2.45) is 0 Å². The molecule has 1 aliphatic heterocycles. The summed E-state index contributed by atoms with van der Waals surface area (Å²) in [6.07, 6.45) is 1.25. The van der Waals surface area contributed by atoms with E-state index in [9.17, 15) is 19.5 Å². The summed E-state index contributed by atoms with van der Waals surface area (Å²) in [5.74, 6) is -0.868. The molecule has 8 nitrogen and oxygen atoms in total. The molecule has 1 atom stereocenters. The van der Waals surface area contributed by atoms with Gasteiger partial charge in [0, 0.05) is 32.1 Å². The van der Waals surface area contributed by atoms with E-state index in [0.29, 0.717) is 26.2 Å². The summed E-state index contributed by atoms with van der Waals surface area (Å²) in [5.41, 5.74) is 4.15. The number of alkyl carbamates (subject to hydrolysis) is 1. The van der Waals surface area contributed by atoms with Crippen LogP contribution >= 0.6 is 0 Å². The maximum Gasteiger partial charge on any atom is 0.407 e. The predicted octanol–water partition coefficient (Wildman–Crippen LogP) is 3.07. The van der Waals surface area contributed by atoms with Gasteiger partial charge in [-0.05, 0) is 42.0 Å². The van der Waals surface area contributed by atoms with E-state index >= 15 is 0 Å². The molecule has 1 unspecified atom stereocenters. The maximum atomic E-state index is 12.9. The number of nitrogens with zero attached hydrogens (tertiary/aromatic N) is 2. The number of amides is 2. The predicted molar refractivity (Wildman–Crippen MR) is 130 cm³/mol. The first-order chi connectivity index (χ1) is 16.9. The molecule has 1 saturated heterocycles. The minimum atomic E-state index is -0.853. The summed E-state index contributed by atoms with van der Waals surface area (Å²) in [5, 5.41) is 12.1. The average molecular weight is 478 g/mol. The number of carboxylic acid groups (broad SMARTS) is 1. The van der Waals surface area contributed by atoms with Gasteiger partial charge in [-0.2, -0.15) is 0 Å². The van der Waals surface area contributed by atoms with E-state index in [0.717, 1.165) is 24.0 Å². The minimum Gasteiger partial charge on any atom is -0.480 e. The third-order valence-corrected chi connectivity index (χ3v) is 7.63. The smallest absolute Gasteiger partial charge is 0.407 e. The van der Waals surface area contributed by atoms with Gasteiger partial charge in [0.05, 0.1) is 12.0 Å². The molecule has 0 radical (unpaired) electrons. The summed E-state index contributed by atoms with van der Waals surface area (Å²) in [6.45, 7) is 3.97. The Morgan fingerprint density at radius 2 is 1.57 bits per heavy atom. The van der Waals surface area contributed by atoms with Gasteiger partial charge in [0.25, 0.3) is 0 Å². The van der Waals surface area contributed by atoms with Gasteiger partial charge in [-0.25, -0.2) is 4.79 Å². The fourth-order valence-electron chi connectivity index (χ4n) is 5.26. The second kappa shape index (κ2) is 9.34. The van der Waals surface area contributed by atoms with Gasteiger partial charge in [0.1, 0.15) is 12.6 Å². The van der Waals surface area contributed by atoms with Crippen LogP contribution < -0.4 is 5.32 Å². The van der Waals surface area contributed by atoms with Crippen LogP contribution in [0, 0.1) is 0 Å². The molecule has 184 valence electrons. The van der Waals surface area contributed by atoms with Crippen LogP contribution in [0.5, 0.6) is 0 Å². The highest BCUT2D eigenvalue weighted by atomic mass is 16.5. The Morgan fingerprint density at radius 3 is 2.11 bits per heavy atom. The molecule has 0 bridgehead atoms. The first kappa shape index (κ1) is 23.4. The Labute approximate surface area is 204 Å². The van der Waals surface area contributed by atoms with E-state index in [4.69, 9.17) is 4.74 Å². The van der Waals surface area contributed by atoms with Crippen molar-refractivity contribution in [2.45, 2.75) is 43.7 Å². The third kappa shape index (κ3) is 4.75. The topological polar surface area (TPSA) is 99.2 Å². The lowest BCUT2D eigenvalue weighted by Crippen LogP contribution is -2.54. The highest BCUT2D eigenvalue weighted by molar-refractivity contribution is 5.81. The van der Waals surface area contributed by atoms with Crippen molar-refractivity contribution in [1.29, 1.82) is 0 Å². The number of piperazine rings is 1. The van der Waals surface area contributed by atoms with Crippen molar-refractivity contribution in [2.75, 3.05) is 32.8 Å². The monoisotopic (exact) mass is 477 g/mol. The van der Waals surface area contributed by atoms with Gasteiger partial charge >= 0.3 is 12.1 Å². The standard InChI is InChI=1S/C27H31N3O5/c1-18(25(32)33)29-12-14-30(15-13-29)24(31)16-27(10-11-27)28-26(34)35-17-23-21-8-4-2-6-19(21)20-7-3-5-9-22(20)23/h2-9,18,23H,10-17H2,1H3,(H,28,34)(H,32,33). The van der Waals surface area contributed by atoms with Crippen LogP contribution in [0.1, 0.15) is 43.2 Å². The number of hydrogen-bond acceptors (Lipinski definition) is 5. The molecule has 0 aromatic heterocycles. The molecule has 2 amide bonds. The zero-order valence-electron chi connectivity index (χ0n) is 19.9. The Hall–Kier alpha value is -3.39. The number of hydrogen-bond donors (Lipinski definition) is 2. The second-order valence-electron chi connectivity index (χ2n) is 9.84. The summed E-state index contributed by atoms with van der Waals surface area (Å²) in [6, 6.07) is 15.9. The highest BCUT2D eigenvalue weighted by Crippen LogP contribution is 2.44. The number of rotatable bonds is 7. The zero-order chi connectivity index (χ0) is 24.6. The van der Waals surface area contributed by atoms with Crippen molar-refractivity contribution in [3.63, 3.8) is 0 Å². The van der Waals surface area contributed by atoms with Gasteiger partial charge in [-0.3, -0.25) is 14.5 Å². The molecule has 1 saturated carbocycles. The van der Waals surface area contributed by atoms with Crippen LogP contribution in [0.4, 0.5) is 4.79 Å². The first-order valence-electron chi connectivity index (χ1n) is 12.2. The van der Waals surface area contributed by atoms with E-state index in [1.54, 1.807) is 11.8 Å². The highest BCUT2D eigenvalue weighted by Gasteiger charge is 2.47. The number of aliphatic carboxylic acids is 1. The van der Waals surface area contributed by atoms with Crippen molar-refractivity contribution in [3.8, 4) is 11.1 Å². The number of ether oxygens (including phenoxy) is 1. The van der Waals surface area contributed by atoms with Crippen molar-refractivity contribution in [1.82, 2.24) is 15.1 Å². The van der Waals surface area contributed by atoms with Crippen LogP contribution in [0.2, 0.25) is 0 Å². The van der Waals surface area contributed by atoms with Crippen LogP contribution in [0.3, 0.4) is 0 Å². The van der Waals surface area contributed by atoms with Crippen LogP contribution in [0.15, 0.2) is 48.5 Å². The fourth-order valence-corrected chi connectivity index (χ4v) is 5.26. The van der Waals surface area contributed by atoms with E-state index in [1.165, 1.54) is 11.1 Å². The lowest BCUT2D eigenvalue weighted by atomic mass is 9.98. The Balaban J connectivity index is 1.14. The fraction of sp³-hybridized carbons (Fsp3) is 0.444. The number of benzene rings is 2. The lowest BCUT2D eigenvalue weighted by Gasteiger charge is -2.37.